The van der Waals surface area contributed by atoms with E-state index in [4.69, 9.17) is 23.2 Å². The van der Waals surface area contributed by atoms with Crippen LogP contribution in [0.3, 0.4) is 0 Å². The van der Waals surface area contributed by atoms with Crippen molar-refractivity contribution < 1.29 is 0 Å². The Bertz CT molecular complexity index is 509. The molecule has 0 aliphatic carbocycles. The molecule has 1 aromatic carbocycles. The van der Waals surface area contributed by atoms with Crippen LogP contribution in [0.2, 0.25) is 10.0 Å². The first-order chi connectivity index (χ1) is 9.20. The van der Waals surface area contributed by atoms with Gasteiger partial charge in [0, 0.05) is 28.5 Å². The first-order valence-corrected chi connectivity index (χ1v) is 6.95. The molecule has 0 aliphatic heterocycles. The molecule has 1 N–H and O–H groups in total. The van der Waals surface area contributed by atoms with Gasteiger partial charge in [-0.1, -0.05) is 29.3 Å². The zero-order chi connectivity index (χ0) is 13.7. The number of likely N-dealkylation sites (N-methyl/N-ethyl adjacent to an activating group) is 1. The maximum absolute atomic E-state index is 6.21. The Kier molecular flexibility index (Phi) is 5.20. The molecule has 0 spiro atoms. The second kappa shape index (κ2) is 6.90. The van der Waals surface area contributed by atoms with Crippen LogP contribution in [0.1, 0.15) is 11.1 Å². The Morgan fingerprint density at radius 1 is 1.05 bits per heavy atom. The van der Waals surface area contributed by atoms with Gasteiger partial charge in [0.25, 0.3) is 0 Å². The molecule has 0 saturated carbocycles. The quantitative estimate of drug-likeness (QED) is 0.908. The lowest BCUT2D eigenvalue weighted by atomic mass is 9.99. The van der Waals surface area contributed by atoms with E-state index < -0.39 is 0 Å². The molecule has 0 bridgehead atoms. The summed E-state index contributed by atoms with van der Waals surface area (Å²) < 4.78 is 0. The van der Waals surface area contributed by atoms with Crippen molar-refractivity contribution in [3.8, 4) is 0 Å². The van der Waals surface area contributed by atoms with E-state index in [1.807, 2.05) is 49.8 Å². The van der Waals surface area contributed by atoms with Gasteiger partial charge in [-0.15, -0.1) is 0 Å². The van der Waals surface area contributed by atoms with Crippen molar-refractivity contribution in [3.63, 3.8) is 0 Å². The largest absolute Gasteiger partial charge is 0.316 e. The molecule has 1 unspecified atom stereocenters. The number of rotatable bonds is 5. The summed E-state index contributed by atoms with van der Waals surface area (Å²) in [5.74, 6) is 0. The Morgan fingerprint density at radius 2 is 1.68 bits per heavy atom. The van der Waals surface area contributed by atoms with Crippen molar-refractivity contribution in [2.45, 2.75) is 18.9 Å². The maximum Gasteiger partial charge on any atom is 0.0453 e. The highest BCUT2D eigenvalue weighted by molar-refractivity contribution is 6.36. The van der Waals surface area contributed by atoms with Crippen LogP contribution >= 0.6 is 23.2 Å². The molecule has 1 aromatic heterocycles. The minimum absolute atomic E-state index is 0.291. The monoisotopic (exact) mass is 294 g/mol. The van der Waals surface area contributed by atoms with Gasteiger partial charge in [0.1, 0.15) is 0 Å². The highest BCUT2D eigenvalue weighted by Crippen LogP contribution is 2.26. The van der Waals surface area contributed by atoms with Crippen LogP contribution in [0.5, 0.6) is 0 Å². The summed E-state index contributed by atoms with van der Waals surface area (Å²) in [4.78, 5) is 4.03. The van der Waals surface area contributed by atoms with Gasteiger partial charge >= 0.3 is 0 Å². The van der Waals surface area contributed by atoms with E-state index in [-0.39, 0.29) is 0 Å². The molecule has 0 amide bonds. The highest BCUT2D eigenvalue weighted by atomic mass is 35.5. The van der Waals surface area contributed by atoms with Crippen LogP contribution < -0.4 is 5.32 Å². The van der Waals surface area contributed by atoms with E-state index in [2.05, 4.69) is 10.3 Å². The number of nitrogens with zero attached hydrogens (tertiary/aromatic N) is 1. The molecule has 0 fully saturated rings. The first-order valence-electron chi connectivity index (χ1n) is 6.19. The lowest BCUT2D eigenvalue weighted by molar-refractivity contribution is 0.556. The van der Waals surface area contributed by atoms with Gasteiger partial charge in [0.05, 0.1) is 0 Å². The topological polar surface area (TPSA) is 24.9 Å². The molecule has 0 aliphatic rings. The Morgan fingerprint density at radius 3 is 2.26 bits per heavy atom. The van der Waals surface area contributed by atoms with E-state index in [1.165, 1.54) is 5.56 Å². The lowest BCUT2D eigenvalue weighted by Gasteiger charge is -2.18. The molecule has 2 nitrogen and oxygen atoms in total. The smallest absolute Gasteiger partial charge is 0.0453 e. The van der Waals surface area contributed by atoms with Gasteiger partial charge in [-0.25, -0.2) is 0 Å². The predicted molar refractivity (Wildman–Crippen MR) is 81.0 cm³/mol. The average molecular weight is 295 g/mol. The Balaban J connectivity index is 2.11. The van der Waals surface area contributed by atoms with E-state index in [1.54, 1.807) is 0 Å². The van der Waals surface area contributed by atoms with Crippen molar-refractivity contribution in [1.29, 1.82) is 0 Å². The summed E-state index contributed by atoms with van der Waals surface area (Å²) in [6.45, 7) is 0. The van der Waals surface area contributed by atoms with Crippen LogP contribution in [0.25, 0.3) is 0 Å². The van der Waals surface area contributed by atoms with Gasteiger partial charge in [0.15, 0.2) is 0 Å². The number of halogens is 2. The summed E-state index contributed by atoms with van der Waals surface area (Å²) in [6.07, 6.45) is 5.34. The van der Waals surface area contributed by atoms with Crippen molar-refractivity contribution in [2.24, 2.45) is 0 Å². The molecule has 2 rings (SSSR count). The third-order valence-corrected chi connectivity index (χ3v) is 3.86. The fourth-order valence-corrected chi connectivity index (χ4v) is 2.61. The molecule has 100 valence electrons. The molecule has 4 heteroatoms. The summed E-state index contributed by atoms with van der Waals surface area (Å²) in [6, 6.07) is 9.96. The number of pyridine rings is 1. The standard InChI is InChI=1S/C15H16Cl2N2/c1-18-12(9-11-5-7-19-8-6-11)10-13-14(16)3-2-4-15(13)17/h2-8,12,18H,9-10H2,1H3. The van der Waals surface area contributed by atoms with Gasteiger partial charge in [-0.3, -0.25) is 4.98 Å². The van der Waals surface area contributed by atoms with Crippen LogP contribution in [0, 0.1) is 0 Å². The van der Waals surface area contributed by atoms with Crippen molar-refractivity contribution in [1.82, 2.24) is 10.3 Å². The van der Waals surface area contributed by atoms with Gasteiger partial charge in [-0.05, 0) is 55.3 Å². The number of hydrogen-bond donors (Lipinski definition) is 1. The Hall–Kier alpha value is -1.09. The van der Waals surface area contributed by atoms with Gasteiger partial charge in [0.2, 0.25) is 0 Å². The fourth-order valence-electron chi connectivity index (χ4n) is 2.05. The molecule has 1 heterocycles. The minimum Gasteiger partial charge on any atom is -0.316 e. The third-order valence-electron chi connectivity index (χ3n) is 3.15. The fraction of sp³-hybridized carbons (Fsp3) is 0.267. The first kappa shape index (κ1) is 14.3. The van der Waals surface area contributed by atoms with E-state index in [9.17, 15) is 0 Å². The highest BCUT2D eigenvalue weighted by Gasteiger charge is 2.13. The lowest BCUT2D eigenvalue weighted by Crippen LogP contribution is -2.30. The second-order valence-corrected chi connectivity index (χ2v) is 5.26. The Labute approximate surface area is 123 Å². The van der Waals surface area contributed by atoms with Gasteiger partial charge < -0.3 is 5.32 Å². The van der Waals surface area contributed by atoms with Crippen LogP contribution in [-0.4, -0.2) is 18.1 Å². The van der Waals surface area contributed by atoms with Gasteiger partial charge in [-0.2, -0.15) is 0 Å². The van der Waals surface area contributed by atoms with Crippen molar-refractivity contribution in [2.75, 3.05) is 7.05 Å². The number of benzene rings is 1. The van der Waals surface area contributed by atoms with Crippen LogP contribution in [0.15, 0.2) is 42.7 Å². The maximum atomic E-state index is 6.21. The van der Waals surface area contributed by atoms with E-state index >= 15 is 0 Å². The summed E-state index contributed by atoms with van der Waals surface area (Å²) in [5.41, 5.74) is 2.25. The third kappa shape index (κ3) is 3.93. The summed E-state index contributed by atoms with van der Waals surface area (Å²) in [7, 11) is 1.95. The van der Waals surface area contributed by atoms with Crippen LogP contribution in [0.4, 0.5) is 0 Å². The number of nitrogens with one attached hydrogen (secondary N) is 1. The molecule has 1 atom stereocenters. The molecule has 0 radical (unpaired) electrons. The average Bonchev–Trinajstić information content (AvgIpc) is 2.43. The SMILES string of the molecule is CNC(Cc1ccncc1)Cc1c(Cl)cccc1Cl. The molecule has 2 aromatic rings. The summed E-state index contributed by atoms with van der Waals surface area (Å²) in [5, 5.41) is 4.76. The zero-order valence-electron chi connectivity index (χ0n) is 10.7. The molecular weight excluding hydrogens is 279 g/mol. The molecule has 19 heavy (non-hydrogen) atoms. The van der Waals surface area contributed by atoms with Crippen molar-refractivity contribution >= 4 is 23.2 Å². The second-order valence-electron chi connectivity index (χ2n) is 4.45. The van der Waals surface area contributed by atoms with E-state index in [0.717, 1.165) is 28.5 Å². The number of aromatic nitrogens is 1. The van der Waals surface area contributed by atoms with Crippen molar-refractivity contribution in [3.05, 3.63) is 63.9 Å². The van der Waals surface area contributed by atoms with Crippen LogP contribution in [-0.2, 0) is 12.8 Å². The molecule has 0 saturated heterocycles. The predicted octanol–water partition coefficient (Wildman–Crippen LogP) is 3.76. The zero-order valence-corrected chi connectivity index (χ0v) is 12.2. The normalized spacial score (nSPS) is 12.4. The number of hydrogen-bond acceptors (Lipinski definition) is 2. The van der Waals surface area contributed by atoms with E-state index in [0.29, 0.717) is 6.04 Å². The minimum atomic E-state index is 0.291. The molecular formula is C15H16Cl2N2. The summed E-state index contributed by atoms with van der Waals surface area (Å²) >= 11 is 12.4.